The fraction of sp³-hybridized carbons (Fsp3) is 0.375. The molecule has 1 amide bonds. The number of rotatable bonds is 4. The van der Waals surface area contributed by atoms with Gasteiger partial charge in [-0.25, -0.2) is 0 Å². The van der Waals surface area contributed by atoms with Crippen molar-refractivity contribution in [2.75, 3.05) is 23.3 Å². The van der Waals surface area contributed by atoms with E-state index in [1.807, 2.05) is 31.2 Å². The van der Waals surface area contributed by atoms with Crippen LogP contribution in [0, 0.1) is 0 Å². The summed E-state index contributed by atoms with van der Waals surface area (Å²) in [6.07, 6.45) is 5.91. The molecule has 1 aromatic carbocycles. The molecule has 1 aliphatic heterocycles. The minimum atomic E-state index is -0.327. The molecule has 110 valence electrons. The topological polar surface area (TPSA) is 50.2 Å². The molecule has 1 N–H and O–H groups in total. The summed E-state index contributed by atoms with van der Waals surface area (Å²) < 4.78 is 1.66. The van der Waals surface area contributed by atoms with Gasteiger partial charge in [0.25, 0.3) is 0 Å². The Morgan fingerprint density at radius 2 is 2.00 bits per heavy atom. The van der Waals surface area contributed by atoms with Crippen LogP contribution in [0.5, 0.6) is 0 Å². The standard InChI is InChI=1S/C16H20N4O/c1-13(20-12-6-9-17-20)16(21)18-14-7-2-3-8-15(14)19-10-4-5-11-19/h2-3,6-9,12-13H,4-5,10-11H2,1H3,(H,18,21). The maximum atomic E-state index is 12.4. The fourth-order valence-electron chi connectivity index (χ4n) is 2.68. The number of nitrogens with zero attached hydrogens (tertiary/aromatic N) is 3. The molecule has 1 aromatic heterocycles. The summed E-state index contributed by atoms with van der Waals surface area (Å²) >= 11 is 0. The number of amides is 1. The predicted octanol–water partition coefficient (Wildman–Crippen LogP) is 2.68. The van der Waals surface area contributed by atoms with E-state index < -0.39 is 0 Å². The van der Waals surface area contributed by atoms with Crippen LogP contribution in [0.1, 0.15) is 25.8 Å². The van der Waals surface area contributed by atoms with Crippen molar-refractivity contribution in [3.63, 3.8) is 0 Å². The minimum Gasteiger partial charge on any atom is -0.370 e. The van der Waals surface area contributed by atoms with E-state index in [4.69, 9.17) is 0 Å². The van der Waals surface area contributed by atoms with Crippen molar-refractivity contribution in [3.8, 4) is 0 Å². The zero-order valence-corrected chi connectivity index (χ0v) is 12.2. The van der Waals surface area contributed by atoms with Crippen molar-refractivity contribution in [3.05, 3.63) is 42.7 Å². The summed E-state index contributed by atoms with van der Waals surface area (Å²) in [4.78, 5) is 14.7. The monoisotopic (exact) mass is 284 g/mol. The molecule has 1 saturated heterocycles. The quantitative estimate of drug-likeness (QED) is 0.939. The summed E-state index contributed by atoms with van der Waals surface area (Å²) in [5.74, 6) is -0.0506. The average Bonchev–Trinajstić information content (AvgIpc) is 3.20. The highest BCUT2D eigenvalue weighted by molar-refractivity contribution is 5.96. The molecule has 0 radical (unpaired) electrons. The average molecular weight is 284 g/mol. The number of hydrogen-bond donors (Lipinski definition) is 1. The number of hydrogen-bond acceptors (Lipinski definition) is 3. The molecule has 0 saturated carbocycles. The van der Waals surface area contributed by atoms with Gasteiger partial charge in [-0.15, -0.1) is 0 Å². The molecule has 1 unspecified atom stereocenters. The van der Waals surface area contributed by atoms with Gasteiger partial charge in [-0.1, -0.05) is 12.1 Å². The van der Waals surface area contributed by atoms with Crippen LogP contribution in [0.25, 0.3) is 0 Å². The number of benzene rings is 1. The predicted molar refractivity (Wildman–Crippen MR) is 83.5 cm³/mol. The van der Waals surface area contributed by atoms with E-state index in [1.54, 1.807) is 17.1 Å². The van der Waals surface area contributed by atoms with Gasteiger partial charge in [-0.2, -0.15) is 5.10 Å². The second kappa shape index (κ2) is 5.99. The van der Waals surface area contributed by atoms with Gasteiger partial charge in [0, 0.05) is 25.5 Å². The number of nitrogens with one attached hydrogen (secondary N) is 1. The summed E-state index contributed by atoms with van der Waals surface area (Å²) in [7, 11) is 0. The van der Waals surface area contributed by atoms with Gasteiger partial charge in [0.15, 0.2) is 0 Å². The molecule has 2 heterocycles. The van der Waals surface area contributed by atoms with E-state index in [1.165, 1.54) is 12.8 Å². The van der Waals surface area contributed by atoms with E-state index in [9.17, 15) is 4.79 Å². The van der Waals surface area contributed by atoms with Crippen molar-refractivity contribution < 1.29 is 4.79 Å². The third-order valence-corrected chi connectivity index (χ3v) is 3.91. The number of aromatic nitrogens is 2. The molecule has 1 aliphatic rings. The first-order valence-corrected chi connectivity index (χ1v) is 7.39. The van der Waals surface area contributed by atoms with Crippen LogP contribution in [0.3, 0.4) is 0 Å². The smallest absolute Gasteiger partial charge is 0.249 e. The molecular weight excluding hydrogens is 264 g/mol. The Bertz CT molecular complexity index is 602. The molecule has 5 heteroatoms. The van der Waals surface area contributed by atoms with E-state index in [-0.39, 0.29) is 11.9 Å². The molecule has 5 nitrogen and oxygen atoms in total. The van der Waals surface area contributed by atoms with Crippen LogP contribution in [0.4, 0.5) is 11.4 Å². The van der Waals surface area contributed by atoms with Crippen molar-refractivity contribution in [2.24, 2.45) is 0 Å². The largest absolute Gasteiger partial charge is 0.370 e. The molecular formula is C16H20N4O. The van der Waals surface area contributed by atoms with Crippen LogP contribution < -0.4 is 10.2 Å². The van der Waals surface area contributed by atoms with Crippen LogP contribution >= 0.6 is 0 Å². The zero-order valence-electron chi connectivity index (χ0n) is 12.2. The first-order chi connectivity index (χ1) is 10.3. The Morgan fingerprint density at radius 3 is 2.71 bits per heavy atom. The summed E-state index contributed by atoms with van der Waals surface area (Å²) in [5, 5.41) is 7.16. The third-order valence-electron chi connectivity index (χ3n) is 3.91. The van der Waals surface area contributed by atoms with Crippen LogP contribution in [0.2, 0.25) is 0 Å². The van der Waals surface area contributed by atoms with Gasteiger partial charge in [0.2, 0.25) is 5.91 Å². The first-order valence-electron chi connectivity index (χ1n) is 7.39. The van der Waals surface area contributed by atoms with Crippen LogP contribution in [-0.4, -0.2) is 28.8 Å². The summed E-state index contributed by atoms with van der Waals surface area (Å²) in [6.45, 7) is 3.96. The molecule has 1 fully saturated rings. The second-order valence-corrected chi connectivity index (χ2v) is 5.36. The van der Waals surface area contributed by atoms with Crippen molar-refractivity contribution >= 4 is 17.3 Å². The fourth-order valence-corrected chi connectivity index (χ4v) is 2.68. The van der Waals surface area contributed by atoms with E-state index in [0.29, 0.717) is 0 Å². The first kappa shape index (κ1) is 13.7. The molecule has 0 aliphatic carbocycles. The maximum Gasteiger partial charge on any atom is 0.249 e. The third kappa shape index (κ3) is 2.91. The van der Waals surface area contributed by atoms with E-state index in [2.05, 4.69) is 21.4 Å². The number of carbonyl (C=O) groups is 1. The molecule has 0 spiro atoms. The molecule has 0 bridgehead atoms. The Hall–Kier alpha value is -2.30. The number of carbonyl (C=O) groups excluding carboxylic acids is 1. The van der Waals surface area contributed by atoms with E-state index >= 15 is 0 Å². The van der Waals surface area contributed by atoms with Gasteiger partial charge in [-0.3, -0.25) is 9.48 Å². The van der Waals surface area contributed by atoms with Gasteiger partial charge in [0.1, 0.15) is 6.04 Å². The van der Waals surface area contributed by atoms with Crippen LogP contribution in [-0.2, 0) is 4.79 Å². The highest BCUT2D eigenvalue weighted by atomic mass is 16.2. The van der Waals surface area contributed by atoms with Crippen molar-refractivity contribution in [1.29, 1.82) is 0 Å². The Balaban J connectivity index is 1.77. The van der Waals surface area contributed by atoms with Crippen molar-refractivity contribution in [2.45, 2.75) is 25.8 Å². The van der Waals surface area contributed by atoms with Gasteiger partial charge in [0.05, 0.1) is 11.4 Å². The van der Waals surface area contributed by atoms with Gasteiger partial charge >= 0.3 is 0 Å². The maximum absolute atomic E-state index is 12.4. The van der Waals surface area contributed by atoms with Crippen LogP contribution in [0.15, 0.2) is 42.7 Å². The highest BCUT2D eigenvalue weighted by Gasteiger charge is 2.19. The normalized spacial score (nSPS) is 16.0. The second-order valence-electron chi connectivity index (χ2n) is 5.36. The lowest BCUT2D eigenvalue weighted by molar-refractivity contribution is -0.119. The summed E-state index contributed by atoms with van der Waals surface area (Å²) in [5.41, 5.74) is 1.99. The highest BCUT2D eigenvalue weighted by Crippen LogP contribution is 2.29. The Labute approximate surface area is 124 Å². The Kier molecular flexibility index (Phi) is 3.90. The van der Waals surface area contributed by atoms with Crippen molar-refractivity contribution in [1.82, 2.24) is 9.78 Å². The lowest BCUT2D eigenvalue weighted by Crippen LogP contribution is -2.26. The summed E-state index contributed by atoms with van der Waals surface area (Å²) in [6, 6.07) is 9.49. The molecule has 3 rings (SSSR count). The van der Waals surface area contributed by atoms with E-state index in [0.717, 1.165) is 24.5 Å². The molecule has 2 aromatic rings. The number of para-hydroxylation sites is 2. The van der Waals surface area contributed by atoms with Gasteiger partial charge in [-0.05, 0) is 38.0 Å². The minimum absolute atomic E-state index is 0.0506. The SMILES string of the molecule is CC(C(=O)Nc1ccccc1N1CCCC1)n1cccn1. The van der Waals surface area contributed by atoms with Gasteiger partial charge < -0.3 is 10.2 Å². The molecule has 1 atom stereocenters. The zero-order chi connectivity index (χ0) is 14.7. The lowest BCUT2D eigenvalue weighted by atomic mass is 10.2. The number of anilines is 2. The Morgan fingerprint density at radius 1 is 1.24 bits per heavy atom. The molecule has 21 heavy (non-hydrogen) atoms. The lowest BCUT2D eigenvalue weighted by Gasteiger charge is -2.22.